The first kappa shape index (κ1) is 26.2. The maximum Gasteiger partial charge on any atom is 0.320 e. The van der Waals surface area contributed by atoms with Gasteiger partial charge in [0.25, 0.3) is 0 Å². The van der Waals surface area contributed by atoms with Crippen LogP contribution in [0.2, 0.25) is 10.2 Å². The fourth-order valence-electron chi connectivity index (χ4n) is 3.57. The summed E-state index contributed by atoms with van der Waals surface area (Å²) >= 11 is 12.0. The van der Waals surface area contributed by atoms with E-state index >= 15 is 0 Å². The van der Waals surface area contributed by atoms with E-state index in [1.54, 1.807) is 66.9 Å². The van der Waals surface area contributed by atoms with Crippen LogP contribution in [0.15, 0.2) is 66.9 Å². The molecule has 3 rings (SSSR count). The lowest BCUT2D eigenvalue weighted by atomic mass is 9.81. The molecule has 0 saturated carbocycles. The van der Waals surface area contributed by atoms with Crippen molar-refractivity contribution in [1.29, 1.82) is 0 Å². The summed E-state index contributed by atoms with van der Waals surface area (Å²) in [5, 5.41) is 0.672. The zero-order valence-corrected chi connectivity index (χ0v) is 20.6. The zero-order valence-electron chi connectivity index (χ0n) is 19.1. The summed E-state index contributed by atoms with van der Waals surface area (Å²) < 4.78 is 15.5. The molecule has 0 N–H and O–H groups in total. The largest absolute Gasteiger partial charge is 0.489 e. The van der Waals surface area contributed by atoms with E-state index in [2.05, 4.69) is 4.98 Å². The van der Waals surface area contributed by atoms with Crippen molar-refractivity contribution in [3.63, 3.8) is 0 Å². The van der Waals surface area contributed by atoms with Gasteiger partial charge < -0.3 is 14.2 Å². The molecule has 0 radical (unpaired) electrons. The first-order chi connectivity index (χ1) is 16.8. The average molecular weight is 516 g/mol. The van der Waals surface area contributed by atoms with Gasteiger partial charge in [0.1, 0.15) is 17.5 Å². The van der Waals surface area contributed by atoms with Crippen LogP contribution in [0.4, 0.5) is 0 Å². The quantitative estimate of drug-likeness (QED) is 0.157. The number of rotatable bonds is 10. The average Bonchev–Trinajstić information content (AvgIpc) is 2.88. The van der Waals surface area contributed by atoms with E-state index in [1.807, 2.05) is 0 Å². The molecule has 0 fully saturated rings. The maximum absolute atomic E-state index is 13.1. The Bertz CT molecular complexity index is 1170. The van der Waals surface area contributed by atoms with E-state index in [0.29, 0.717) is 22.0 Å². The van der Waals surface area contributed by atoms with E-state index in [1.165, 1.54) is 14.2 Å². The van der Waals surface area contributed by atoms with Gasteiger partial charge in [0.2, 0.25) is 0 Å². The van der Waals surface area contributed by atoms with E-state index in [-0.39, 0.29) is 23.8 Å². The molecule has 0 spiro atoms. The molecule has 182 valence electrons. The third-order valence-corrected chi connectivity index (χ3v) is 5.95. The second-order valence-corrected chi connectivity index (χ2v) is 8.38. The van der Waals surface area contributed by atoms with Crippen LogP contribution in [-0.2, 0) is 25.7 Å². The minimum absolute atomic E-state index is 0.171. The van der Waals surface area contributed by atoms with Crippen LogP contribution < -0.4 is 4.74 Å². The lowest BCUT2D eigenvalue weighted by Crippen LogP contribution is -2.33. The molecule has 0 aliphatic rings. The third kappa shape index (κ3) is 6.81. The SMILES string of the molecule is COC(=O)C(C(=O)OC)C(CC(=O)c1ccccc1Cl)c1ccc(OCc2ccc(Cl)nc2)cc1. The molecule has 0 aliphatic carbocycles. The molecule has 7 nitrogen and oxygen atoms in total. The molecule has 1 unspecified atom stereocenters. The first-order valence-electron chi connectivity index (χ1n) is 10.6. The molecular weight excluding hydrogens is 493 g/mol. The van der Waals surface area contributed by atoms with Crippen LogP contribution in [-0.4, -0.2) is 36.9 Å². The molecule has 2 aromatic carbocycles. The van der Waals surface area contributed by atoms with Crippen molar-refractivity contribution in [1.82, 2.24) is 4.98 Å². The van der Waals surface area contributed by atoms with Gasteiger partial charge in [0.15, 0.2) is 11.7 Å². The van der Waals surface area contributed by atoms with Crippen molar-refractivity contribution >= 4 is 40.9 Å². The number of halogens is 2. The molecule has 1 heterocycles. The van der Waals surface area contributed by atoms with Crippen LogP contribution >= 0.6 is 23.2 Å². The summed E-state index contributed by atoms with van der Waals surface area (Å²) in [6.45, 7) is 0.269. The third-order valence-electron chi connectivity index (χ3n) is 5.39. The van der Waals surface area contributed by atoms with Gasteiger partial charge in [-0.3, -0.25) is 14.4 Å². The van der Waals surface area contributed by atoms with Crippen molar-refractivity contribution in [3.8, 4) is 5.75 Å². The Morgan fingerprint density at radius 2 is 1.54 bits per heavy atom. The molecule has 1 aromatic heterocycles. The van der Waals surface area contributed by atoms with Gasteiger partial charge in [0, 0.05) is 29.7 Å². The van der Waals surface area contributed by atoms with Crippen LogP contribution in [0.3, 0.4) is 0 Å². The number of esters is 2. The standard InChI is InChI=1S/C26H23Cl2NO6/c1-33-25(31)24(26(32)34-2)20(13-22(30)19-5-3-4-6-21(19)27)17-8-10-18(11-9-17)35-15-16-7-12-23(28)29-14-16/h3-12,14,20,24H,13,15H2,1-2H3. The van der Waals surface area contributed by atoms with Crippen molar-refractivity contribution in [2.45, 2.75) is 18.9 Å². The molecule has 0 aliphatic heterocycles. The van der Waals surface area contributed by atoms with Gasteiger partial charge in [-0.1, -0.05) is 53.5 Å². The Hall–Kier alpha value is -3.42. The summed E-state index contributed by atoms with van der Waals surface area (Å²) in [7, 11) is 2.35. The van der Waals surface area contributed by atoms with Crippen molar-refractivity contribution in [2.24, 2.45) is 5.92 Å². The number of ketones is 1. The van der Waals surface area contributed by atoms with Crippen LogP contribution in [0.1, 0.15) is 33.8 Å². The van der Waals surface area contributed by atoms with Gasteiger partial charge in [-0.05, 0) is 35.9 Å². The number of carbonyl (C=O) groups is 3. The Morgan fingerprint density at radius 1 is 0.886 bits per heavy atom. The number of ether oxygens (including phenoxy) is 3. The number of aromatic nitrogens is 1. The zero-order chi connectivity index (χ0) is 25.4. The molecule has 0 bridgehead atoms. The van der Waals surface area contributed by atoms with Gasteiger partial charge in [-0.15, -0.1) is 0 Å². The molecular formula is C26H23Cl2NO6. The number of carbonyl (C=O) groups excluding carboxylic acids is 3. The monoisotopic (exact) mass is 515 g/mol. The van der Waals surface area contributed by atoms with Crippen LogP contribution in [0.25, 0.3) is 0 Å². The number of hydrogen-bond donors (Lipinski definition) is 0. The summed E-state index contributed by atoms with van der Waals surface area (Å²) in [5.41, 5.74) is 1.69. The van der Waals surface area contributed by atoms with Gasteiger partial charge >= 0.3 is 11.9 Å². The van der Waals surface area contributed by atoms with Gasteiger partial charge in [0.05, 0.1) is 19.2 Å². The first-order valence-corrected chi connectivity index (χ1v) is 11.4. The fourth-order valence-corrected chi connectivity index (χ4v) is 3.93. The fraction of sp³-hybridized carbons (Fsp3) is 0.231. The summed E-state index contributed by atoms with van der Waals surface area (Å²) in [5.74, 6) is -3.58. The predicted octanol–water partition coefficient (Wildman–Crippen LogP) is 5.29. The second kappa shape index (κ2) is 12.3. The molecule has 9 heteroatoms. The highest BCUT2D eigenvalue weighted by molar-refractivity contribution is 6.34. The van der Waals surface area contributed by atoms with Gasteiger partial charge in [-0.25, -0.2) is 4.98 Å². The highest BCUT2D eigenvalue weighted by Gasteiger charge is 2.39. The summed E-state index contributed by atoms with van der Waals surface area (Å²) in [6.07, 6.45) is 1.44. The molecule has 3 aromatic rings. The lowest BCUT2D eigenvalue weighted by Gasteiger charge is -2.24. The number of methoxy groups -OCH3 is 2. The number of nitrogens with zero attached hydrogens (tertiary/aromatic N) is 1. The minimum atomic E-state index is -1.34. The number of pyridine rings is 1. The molecule has 1 atom stereocenters. The molecule has 0 amide bonds. The summed E-state index contributed by atoms with van der Waals surface area (Å²) in [4.78, 5) is 42.2. The Morgan fingerprint density at radius 3 is 2.11 bits per heavy atom. The van der Waals surface area contributed by atoms with Crippen molar-refractivity contribution in [2.75, 3.05) is 14.2 Å². The predicted molar refractivity (Wildman–Crippen MR) is 131 cm³/mol. The van der Waals surface area contributed by atoms with E-state index in [4.69, 9.17) is 37.4 Å². The smallest absolute Gasteiger partial charge is 0.320 e. The van der Waals surface area contributed by atoms with E-state index < -0.39 is 23.8 Å². The maximum atomic E-state index is 13.1. The number of Topliss-reactive ketones (excluding diaryl/α,β-unsaturated/α-hetero) is 1. The summed E-state index contributed by atoms with van der Waals surface area (Å²) in [6, 6.07) is 16.8. The van der Waals surface area contributed by atoms with Gasteiger partial charge in [-0.2, -0.15) is 0 Å². The van der Waals surface area contributed by atoms with Crippen molar-refractivity contribution in [3.05, 3.63) is 93.7 Å². The number of hydrogen-bond acceptors (Lipinski definition) is 7. The molecule has 35 heavy (non-hydrogen) atoms. The Balaban J connectivity index is 1.87. The van der Waals surface area contributed by atoms with Crippen LogP contribution in [0, 0.1) is 5.92 Å². The normalized spacial score (nSPS) is 11.6. The minimum Gasteiger partial charge on any atom is -0.489 e. The highest BCUT2D eigenvalue weighted by atomic mass is 35.5. The topological polar surface area (TPSA) is 91.8 Å². The highest BCUT2D eigenvalue weighted by Crippen LogP contribution is 2.34. The number of benzene rings is 2. The Labute approximate surface area is 212 Å². The van der Waals surface area contributed by atoms with E-state index in [0.717, 1.165) is 5.56 Å². The second-order valence-electron chi connectivity index (χ2n) is 7.58. The van der Waals surface area contributed by atoms with Crippen LogP contribution in [0.5, 0.6) is 5.75 Å². The lowest BCUT2D eigenvalue weighted by molar-refractivity contribution is -0.159. The molecule has 0 saturated heterocycles. The Kier molecular flexibility index (Phi) is 9.23. The van der Waals surface area contributed by atoms with Crippen molar-refractivity contribution < 1.29 is 28.6 Å². The van der Waals surface area contributed by atoms with E-state index in [9.17, 15) is 14.4 Å².